The predicted molar refractivity (Wildman–Crippen MR) is 71.5 cm³/mol. The highest BCUT2D eigenvalue weighted by molar-refractivity contribution is 7.98. The Hall–Kier alpha value is -1.00. The number of hydrogen-bond acceptors (Lipinski definition) is 3. The van der Waals surface area contributed by atoms with E-state index >= 15 is 0 Å². The zero-order valence-electron chi connectivity index (χ0n) is 10.1. The van der Waals surface area contributed by atoms with Crippen molar-refractivity contribution >= 4 is 17.7 Å². The molecule has 0 aliphatic carbocycles. The second-order valence-electron chi connectivity index (χ2n) is 3.77. The molecule has 0 saturated carbocycles. The molecule has 94 valence electrons. The molecule has 0 atom stereocenters. The molecular weight excluding hydrogens is 234 g/mol. The molecule has 0 heterocycles. The van der Waals surface area contributed by atoms with Crippen LogP contribution in [0.15, 0.2) is 29.2 Å². The second kappa shape index (κ2) is 8.14. The molecule has 0 bridgehead atoms. The SMILES string of the molecule is CSc1ccc(C(=O)NCCCCCO)cc1. The third-order valence-electron chi connectivity index (χ3n) is 2.47. The van der Waals surface area contributed by atoms with Crippen LogP contribution in [0.2, 0.25) is 0 Å². The predicted octanol–water partition coefficient (Wildman–Crippen LogP) is 2.30. The number of thioether (sulfide) groups is 1. The first kappa shape index (κ1) is 14.1. The fourth-order valence-corrected chi connectivity index (χ4v) is 1.87. The normalized spacial score (nSPS) is 10.2. The number of aliphatic hydroxyl groups is 1. The Balaban J connectivity index is 2.31. The van der Waals surface area contributed by atoms with Crippen LogP contribution in [0.3, 0.4) is 0 Å². The molecule has 0 fully saturated rings. The zero-order chi connectivity index (χ0) is 12.5. The minimum atomic E-state index is -0.0262. The summed E-state index contributed by atoms with van der Waals surface area (Å²) in [4.78, 5) is 12.9. The van der Waals surface area contributed by atoms with Crippen molar-refractivity contribution in [2.75, 3.05) is 19.4 Å². The maximum Gasteiger partial charge on any atom is 0.251 e. The number of unbranched alkanes of at least 4 members (excludes halogenated alkanes) is 2. The van der Waals surface area contributed by atoms with E-state index in [1.54, 1.807) is 11.8 Å². The van der Waals surface area contributed by atoms with Gasteiger partial charge in [-0.2, -0.15) is 0 Å². The van der Waals surface area contributed by atoms with Gasteiger partial charge in [-0.05, 0) is 49.8 Å². The number of aliphatic hydroxyl groups excluding tert-OH is 1. The molecule has 0 unspecified atom stereocenters. The Labute approximate surface area is 107 Å². The van der Waals surface area contributed by atoms with Gasteiger partial charge in [0.25, 0.3) is 5.91 Å². The van der Waals surface area contributed by atoms with Crippen LogP contribution in [0.1, 0.15) is 29.6 Å². The Bertz CT molecular complexity index is 338. The molecule has 0 saturated heterocycles. The molecule has 0 aliphatic rings. The minimum Gasteiger partial charge on any atom is -0.396 e. The van der Waals surface area contributed by atoms with E-state index in [1.165, 1.54) is 0 Å². The van der Waals surface area contributed by atoms with Gasteiger partial charge in [0.15, 0.2) is 0 Å². The third-order valence-corrected chi connectivity index (χ3v) is 3.22. The van der Waals surface area contributed by atoms with Crippen molar-refractivity contribution in [1.29, 1.82) is 0 Å². The molecule has 2 N–H and O–H groups in total. The van der Waals surface area contributed by atoms with Crippen molar-refractivity contribution < 1.29 is 9.90 Å². The maximum absolute atomic E-state index is 11.7. The Morgan fingerprint density at radius 3 is 2.53 bits per heavy atom. The van der Waals surface area contributed by atoms with Crippen LogP contribution in [-0.4, -0.2) is 30.4 Å². The molecule has 17 heavy (non-hydrogen) atoms. The van der Waals surface area contributed by atoms with Crippen LogP contribution in [-0.2, 0) is 0 Å². The molecule has 1 aromatic carbocycles. The smallest absolute Gasteiger partial charge is 0.251 e. The minimum absolute atomic E-state index is 0.0262. The van der Waals surface area contributed by atoms with Gasteiger partial charge in [-0.15, -0.1) is 11.8 Å². The zero-order valence-corrected chi connectivity index (χ0v) is 10.9. The number of rotatable bonds is 7. The number of carbonyl (C=O) groups excluding carboxylic acids is 1. The van der Waals surface area contributed by atoms with Gasteiger partial charge in [-0.1, -0.05) is 0 Å². The van der Waals surface area contributed by atoms with Gasteiger partial charge in [0, 0.05) is 23.6 Å². The van der Waals surface area contributed by atoms with Crippen LogP contribution in [0, 0.1) is 0 Å². The highest BCUT2D eigenvalue weighted by atomic mass is 32.2. The number of carbonyl (C=O) groups is 1. The summed E-state index contributed by atoms with van der Waals surface area (Å²) < 4.78 is 0. The first-order chi connectivity index (χ1) is 8.27. The maximum atomic E-state index is 11.7. The lowest BCUT2D eigenvalue weighted by atomic mass is 10.2. The lowest BCUT2D eigenvalue weighted by Crippen LogP contribution is -2.24. The van der Waals surface area contributed by atoms with Crippen LogP contribution in [0.4, 0.5) is 0 Å². The van der Waals surface area contributed by atoms with Crippen LogP contribution < -0.4 is 5.32 Å². The summed E-state index contributed by atoms with van der Waals surface area (Å²) in [6.45, 7) is 0.896. The Morgan fingerprint density at radius 2 is 1.94 bits per heavy atom. The quantitative estimate of drug-likeness (QED) is 0.579. The second-order valence-corrected chi connectivity index (χ2v) is 4.65. The topological polar surface area (TPSA) is 49.3 Å². The van der Waals surface area contributed by atoms with Gasteiger partial charge >= 0.3 is 0 Å². The lowest BCUT2D eigenvalue weighted by molar-refractivity contribution is 0.0953. The molecule has 4 heteroatoms. The standard InChI is InChI=1S/C13H19NO2S/c1-17-12-7-5-11(6-8-12)13(16)14-9-3-2-4-10-15/h5-8,15H,2-4,9-10H2,1H3,(H,14,16). The van der Waals surface area contributed by atoms with Gasteiger partial charge in [0.05, 0.1) is 0 Å². The van der Waals surface area contributed by atoms with Crippen LogP contribution >= 0.6 is 11.8 Å². The van der Waals surface area contributed by atoms with Crippen LogP contribution in [0.5, 0.6) is 0 Å². The Kier molecular flexibility index (Phi) is 6.74. The average Bonchev–Trinajstić information content (AvgIpc) is 2.38. The summed E-state index contributed by atoms with van der Waals surface area (Å²) >= 11 is 1.66. The summed E-state index contributed by atoms with van der Waals surface area (Å²) in [6.07, 6.45) is 4.67. The summed E-state index contributed by atoms with van der Waals surface area (Å²) in [7, 11) is 0. The van der Waals surface area contributed by atoms with Gasteiger partial charge in [-0.3, -0.25) is 4.79 Å². The van der Waals surface area contributed by atoms with Crippen molar-refractivity contribution in [2.24, 2.45) is 0 Å². The third kappa shape index (κ3) is 5.24. The van der Waals surface area contributed by atoms with E-state index in [1.807, 2.05) is 30.5 Å². The molecule has 3 nitrogen and oxygen atoms in total. The van der Waals surface area contributed by atoms with E-state index in [0.29, 0.717) is 12.1 Å². The van der Waals surface area contributed by atoms with Crippen molar-refractivity contribution in [1.82, 2.24) is 5.32 Å². The van der Waals surface area contributed by atoms with Crippen molar-refractivity contribution in [3.8, 4) is 0 Å². The van der Waals surface area contributed by atoms with E-state index in [4.69, 9.17) is 5.11 Å². The van der Waals surface area contributed by atoms with Crippen molar-refractivity contribution in [3.63, 3.8) is 0 Å². The number of nitrogens with one attached hydrogen (secondary N) is 1. The lowest BCUT2D eigenvalue weighted by Gasteiger charge is -2.05. The molecule has 0 aliphatic heterocycles. The molecule has 1 aromatic rings. The molecular formula is C13H19NO2S. The van der Waals surface area contributed by atoms with Gasteiger partial charge in [0.2, 0.25) is 0 Å². The monoisotopic (exact) mass is 253 g/mol. The van der Waals surface area contributed by atoms with Crippen molar-refractivity contribution in [2.45, 2.75) is 24.2 Å². The van der Waals surface area contributed by atoms with E-state index in [2.05, 4.69) is 5.32 Å². The van der Waals surface area contributed by atoms with Crippen molar-refractivity contribution in [3.05, 3.63) is 29.8 Å². The van der Waals surface area contributed by atoms with Crippen LogP contribution in [0.25, 0.3) is 0 Å². The summed E-state index contributed by atoms with van der Waals surface area (Å²) in [5, 5.41) is 11.5. The molecule has 0 aromatic heterocycles. The van der Waals surface area contributed by atoms with Gasteiger partial charge in [-0.25, -0.2) is 0 Å². The van der Waals surface area contributed by atoms with Gasteiger partial charge in [0.1, 0.15) is 0 Å². The largest absolute Gasteiger partial charge is 0.396 e. The Morgan fingerprint density at radius 1 is 1.24 bits per heavy atom. The highest BCUT2D eigenvalue weighted by Crippen LogP contribution is 2.14. The number of benzene rings is 1. The highest BCUT2D eigenvalue weighted by Gasteiger charge is 2.03. The molecule has 1 amide bonds. The molecule has 0 radical (unpaired) electrons. The average molecular weight is 253 g/mol. The van der Waals surface area contributed by atoms with E-state index in [9.17, 15) is 4.79 Å². The first-order valence-electron chi connectivity index (χ1n) is 5.81. The fraction of sp³-hybridized carbons (Fsp3) is 0.462. The summed E-state index contributed by atoms with van der Waals surface area (Å²) in [5.41, 5.74) is 0.699. The van der Waals surface area contributed by atoms with Gasteiger partial charge < -0.3 is 10.4 Å². The fourth-order valence-electron chi connectivity index (χ4n) is 1.46. The number of hydrogen-bond donors (Lipinski definition) is 2. The van der Waals surface area contributed by atoms with E-state index in [-0.39, 0.29) is 12.5 Å². The summed E-state index contributed by atoms with van der Waals surface area (Å²) in [5.74, 6) is -0.0262. The first-order valence-corrected chi connectivity index (χ1v) is 7.03. The molecule has 1 rings (SSSR count). The van der Waals surface area contributed by atoms with E-state index < -0.39 is 0 Å². The van der Waals surface area contributed by atoms with E-state index in [0.717, 1.165) is 24.2 Å². The summed E-state index contributed by atoms with van der Waals surface area (Å²) in [6, 6.07) is 7.58. The number of amides is 1. The molecule has 0 spiro atoms.